The highest BCUT2D eigenvalue weighted by Gasteiger charge is 2.45. The molecule has 0 aromatic carbocycles. The van der Waals surface area contributed by atoms with Crippen molar-refractivity contribution < 1.29 is 4.84 Å². The summed E-state index contributed by atoms with van der Waals surface area (Å²) < 4.78 is 2.17. The zero-order valence-electron chi connectivity index (χ0n) is 13.6. The van der Waals surface area contributed by atoms with Gasteiger partial charge in [-0.05, 0) is 30.7 Å². The molecule has 0 spiro atoms. The van der Waals surface area contributed by atoms with Crippen LogP contribution >= 0.6 is 0 Å². The smallest absolute Gasteiger partial charge is 0.137 e. The SMILES string of the molecule is CCON1CC(CC#N)(n2ccc(-c3ccnc4[nH]ccc34)c2)C1. The molecule has 0 saturated carbocycles. The summed E-state index contributed by atoms with van der Waals surface area (Å²) in [7, 11) is 0. The first kappa shape index (κ1) is 14.9. The third-order valence-corrected chi connectivity index (χ3v) is 4.67. The first-order chi connectivity index (χ1) is 11.8. The van der Waals surface area contributed by atoms with E-state index in [9.17, 15) is 5.26 Å². The average Bonchev–Trinajstić information content (AvgIpc) is 3.21. The van der Waals surface area contributed by atoms with Gasteiger partial charge in [0.2, 0.25) is 0 Å². The van der Waals surface area contributed by atoms with E-state index in [1.54, 1.807) is 0 Å². The van der Waals surface area contributed by atoms with Crippen LogP contribution in [0.25, 0.3) is 22.2 Å². The van der Waals surface area contributed by atoms with Crippen molar-refractivity contribution in [1.82, 2.24) is 19.6 Å². The highest BCUT2D eigenvalue weighted by atomic mass is 16.7. The minimum Gasteiger partial charge on any atom is -0.346 e. The van der Waals surface area contributed by atoms with Gasteiger partial charge in [0, 0.05) is 35.7 Å². The van der Waals surface area contributed by atoms with Gasteiger partial charge in [0.05, 0.1) is 37.7 Å². The van der Waals surface area contributed by atoms with Gasteiger partial charge in [-0.3, -0.25) is 4.84 Å². The van der Waals surface area contributed by atoms with E-state index in [0.29, 0.717) is 13.0 Å². The van der Waals surface area contributed by atoms with E-state index < -0.39 is 0 Å². The molecule has 3 aromatic heterocycles. The summed E-state index contributed by atoms with van der Waals surface area (Å²) in [5.74, 6) is 0. The van der Waals surface area contributed by atoms with Crippen LogP contribution in [0.15, 0.2) is 43.0 Å². The lowest BCUT2D eigenvalue weighted by molar-refractivity contribution is -0.240. The van der Waals surface area contributed by atoms with Crippen molar-refractivity contribution >= 4 is 11.0 Å². The Morgan fingerprint density at radius 2 is 2.25 bits per heavy atom. The standard InChI is InChI=1S/C18H19N5O/c1-2-24-23-12-18(13-23,6-7-19)22-10-5-14(11-22)15-3-8-20-17-16(15)4-9-21-17/h3-5,8-11H,2,6,12-13H2,1H3,(H,20,21). The van der Waals surface area contributed by atoms with Gasteiger partial charge in [-0.15, -0.1) is 0 Å². The maximum absolute atomic E-state index is 9.25. The number of hydrogen-bond donors (Lipinski definition) is 1. The molecule has 4 rings (SSSR count). The Morgan fingerprint density at radius 1 is 1.38 bits per heavy atom. The summed E-state index contributed by atoms with van der Waals surface area (Å²) in [6, 6.07) is 8.50. The van der Waals surface area contributed by atoms with Gasteiger partial charge in [-0.2, -0.15) is 10.3 Å². The van der Waals surface area contributed by atoms with Crippen molar-refractivity contribution in [2.75, 3.05) is 19.7 Å². The summed E-state index contributed by atoms with van der Waals surface area (Å²) >= 11 is 0. The van der Waals surface area contributed by atoms with E-state index in [-0.39, 0.29) is 5.54 Å². The summed E-state index contributed by atoms with van der Waals surface area (Å²) in [4.78, 5) is 13.0. The molecule has 0 atom stereocenters. The Kier molecular flexibility index (Phi) is 3.60. The fourth-order valence-corrected chi connectivity index (χ4v) is 3.46. The van der Waals surface area contributed by atoms with Gasteiger partial charge in [-0.25, -0.2) is 4.98 Å². The van der Waals surface area contributed by atoms with Crippen molar-refractivity contribution in [1.29, 1.82) is 5.26 Å². The summed E-state index contributed by atoms with van der Waals surface area (Å²) in [5, 5.41) is 12.3. The van der Waals surface area contributed by atoms with E-state index in [1.165, 1.54) is 0 Å². The molecule has 1 fully saturated rings. The van der Waals surface area contributed by atoms with E-state index in [1.807, 2.05) is 36.5 Å². The second-order valence-corrected chi connectivity index (χ2v) is 6.18. The number of nitriles is 1. The molecule has 4 heterocycles. The van der Waals surface area contributed by atoms with Crippen LogP contribution < -0.4 is 0 Å². The molecule has 1 aliphatic heterocycles. The number of rotatable bonds is 5. The molecule has 6 nitrogen and oxygen atoms in total. The maximum atomic E-state index is 9.25. The first-order valence-corrected chi connectivity index (χ1v) is 8.11. The van der Waals surface area contributed by atoms with Crippen molar-refractivity contribution in [2.24, 2.45) is 0 Å². The molecular formula is C18H19N5O. The normalized spacial score (nSPS) is 16.8. The van der Waals surface area contributed by atoms with Gasteiger partial charge in [-0.1, -0.05) is 0 Å². The number of hydrogen-bond acceptors (Lipinski definition) is 4. The van der Waals surface area contributed by atoms with E-state index in [4.69, 9.17) is 4.84 Å². The second kappa shape index (κ2) is 5.78. The molecule has 0 aliphatic carbocycles. The molecule has 1 saturated heterocycles. The number of nitrogens with zero attached hydrogens (tertiary/aromatic N) is 4. The minimum absolute atomic E-state index is 0.202. The van der Waals surface area contributed by atoms with Crippen LogP contribution in [-0.4, -0.2) is 39.3 Å². The van der Waals surface area contributed by atoms with Crippen LogP contribution in [0.2, 0.25) is 0 Å². The van der Waals surface area contributed by atoms with Crippen molar-refractivity contribution in [3.63, 3.8) is 0 Å². The fraction of sp³-hybridized carbons (Fsp3) is 0.333. The van der Waals surface area contributed by atoms with E-state index >= 15 is 0 Å². The lowest BCUT2D eigenvalue weighted by Gasteiger charge is -2.48. The van der Waals surface area contributed by atoms with Gasteiger partial charge in [0.15, 0.2) is 0 Å². The zero-order chi connectivity index (χ0) is 16.6. The number of hydroxylamine groups is 2. The average molecular weight is 321 g/mol. The summed E-state index contributed by atoms with van der Waals surface area (Å²) in [6.07, 6.45) is 8.38. The van der Waals surface area contributed by atoms with Crippen molar-refractivity contribution in [2.45, 2.75) is 18.9 Å². The topological polar surface area (TPSA) is 69.9 Å². The van der Waals surface area contributed by atoms with Gasteiger partial charge in [0.25, 0.3) is 0 Å². The van der Waals surface area contributed by atoms with Crippen LogP contribution in [0.4, 0.5) is 0 Å². The van der Waals surface area contributed by atoms with Crippen LogP contribution in [0.1, 0.15) is 13.3 Å². The fourth-order valence-electron chi connectivity index (χ4n) is 3.46. The third-order valence-electron chi connectivity index (χ3n) is 4.67. The van der Waals surface area contributed by atoms with E-state index in [0.717, 1.165) is 35.2 Å². The molecule has 0 bridgehead atoms. The number of fused-ring (bicyclic) bond motifs is 1. The van der Waals surface area contributed by atoms with Crippen LogP contribution in [0, 0.1) is 11.3 Å². The predicted molar refractivity (Wildman–Crippen MR) is 90.9 cm³/mol. The van der Waals surface area contributed by atoms with Crippen molar-refractivity contribution in [3.8, 4) is 17.2 Å². The Morgan fingerprint density at radius 3 is 3.04 bits per heavy atom. The molecule has 122 valence electrons. The lowest BCUT2D eigenvalue weighted by Crippen LogP contribution is -2.61. The molecule has 0 unspecified atom stereocenters. The second-order valence-electron chi connectivity index (χ2n) is 6.18. The molecule has 1 aliphatic rings. The molecule has 0 amide bonds. The number of nitrogens with one attached hydrogen (secondary N) is 1. The number of aromatic nitrogens is 3. The largest absolute Gasteiger partial charge is 0.346 e. The Bertz CT molecular complexity index is 897. The number of aromatic amines is 1. The summed E-state index contributed by atoms with van der Waals surface area (Å²) in [5.41, 5.74) is 2.97. The Labute approximate surface area is 140 Å². The van der Waals surface area contributed by atoms with Gasteiger partial charge >= 0.3 is 0 Å². The van der Waals surface area contributed by atoms with Crippen LogP contribution in [-0.2, 0) is 10.4 Å². The summed E-state index contributed by atoms with van der Waals surface area (Å²) in [6.45, 7) is 4.10. The Balaban J connectivity index is 1.67. The molecule has 6 heteroatoms. The zero-order valence-corrected chi connectivity index (χ0v) is 13.6. The third kappa shape index (κ3) is 2.30. The maximum Gasteiger partial charge on any atom is 0.137 e. The molecular weight excluding hydrogens is 302 g/mol. The lowest BCUT2D eigenvalue weighted by atomic mass is 9.88. The van der Waals surface area contributed by atoms with Gasteiger partial charge in [0.1, 0.15) is 5.65 Å². The first-order valence-electron chi connectivity index (χ1n) is 8.11. The molecule has 0 radical (unpaired) electrons. The molecule has 3 aromatic rings. The van der Waals surface area contributed by atoms with Crippen molar-refractivity contribution in [3.05, 3.63) is 43.0 Å². The quantitative estimate of drug-likeness (QED) is 0.784. The minimum atomic E-state index is -0.202. The highest BCUT2D eigenvalue weighted by molar-refractivity contribution is 5.92. The number of H-pyrrole nitrogens is 1. The predicted octanol–water partition coefficient (Wildman–Crippen LogP) is 2.91. The van der Waals surface area contributed by atoms with Crippen LogP contribution in [0.3, 0.4) is 0 Å². The van der Waals surface area contributed by atoms with Gasteiger partial charge < -0.3 is 9.55 Å². The Hall–Kier alpha value is -2.62. The monoisotopic (exact) mass is 321 g/mol. The molecule has 24 heavy (non-hydrogen) atoms. The van der Waals surface area contributed by atoms with E-state index in [2.05, 4.69) is 39.1 Å². The highest BCUT2D eigenvalue weighted by Crippen LogP contribution is 2.35. The van der Waals surface area contributed by atoms with Crippen LogP contribution in [0.5, 0.6) is 0 Å². The number of pyridine rings is 1. The molecule has 1 N–H and O–H groups in total.